The van der Waals surface area contributed by atoms with Crippen molar-refractivity contribution in [1.82, 2.24) is 0 Å². The van der Waals surface area contributed by atoms with Crippen molar-refractivity contribution in [1.29, 1.82) is 0 Å². The molecule has 1 heterocycles. The summed E-state index contributed by atoms with van der Waals surface area (Å²) in [4.78, 5) is 4.42. The summed E-state index contributed by atoms with van der Waals surface area (Å²) in [6, 6.07) is 0. The van der Waals surface area contributed by atoms with E-state index in [0.717, 1.165) is 25.6 Å². The minimum Gasteiger partial charge on any atom is -0.387 e. The summed E-state index contributed by atoms with van der Waals surface area (Å²) in [6.45, 7) is 2.68. The molecule has 2 aliphatic rings. The van der Waals surface area contributed by atoms with Crippen LogP contribution in [0.2, 0.25) is 0 Å². The van der Waals surface area contributed by atoms with Crippen LogP contribution in [0, 0.1) is 11.8 Å². The van der Waals surface area contributed by atoms with Crippen molar-refractivity contribution < 1.29 is 4.74 Å². The summed E-state index contributed by atoms with van der Waals surface area (Å²) in [6.07, 6.45) is 4.93. The highest BCUT2D eigenvalue weighted by atomic mass is 16.5. The monoisotopic (exact) mass is 182 g/mol. The third kappa shape index (κ3) is 2.69. The molecule has 13 heavy (non-hydrogen) atoms. The zero-order valence-corrected chi connectivity index (χ0v) is 8.04. The molecule has 0 radical (unpaired) electrons. The van der Waals surface area contributed by atoms with Crippen LogP contribution >= 0.6 is 0 Å². The number of nitrogens with zero attached hydrogens (tertiary/aromatic N) is 1. The highest BCUT2D eigenvalue weighted by Crippen LogP contribution is 2.29. The summed E-state index contributed by atoms with van der Waals surface area (Å²) < 4.78 is 5.38. The van der Waals surface area contributed by atoms with Crippen LogP contribution < -0.4 is 5.73 Å². The van der Waals surface area contributed by atoms with Gasteiger partial charge in [-0.05, 0) is 25.7 Å². The molecule has 0 spiro atoms. The first kappa shape index (κ1) is 9.00. The number of rotatable bonds is 3. The number of nitrogens with two attached hydrogens (primary N) is 1. The van der Waals surface area contributed by atoms with Gasteiger partial charge in [0.25, 0.3) is 0 Å². The van der Waals surface area contributed by atoms with E-state index in [1.165, 1.54) is 25.7 Å². The lowest BCUT2D eigenvalue weighted by Crippen LogP contribution is -2.22. The Bertz CT molecular complexity index is 193. The van der Waals surface area contributed by atoms with Crippen LogP contribution in [0.5, 0.6) is 0 Å². The summed E-state index contributed by atoms with van der Waals surface area (Å²) in [5.74, 6) is 2.11. The molecule has 1 unspecified atom stereocenters. The second-order valence-electron chi connectivity index (χ2n) is 4.12. The van der Waals surface area contributed by atoms with Gasteiger partial charge in [-0.3, -0.25) is 4.99 Å². The maximum Gasteiger partial charge on any atom is 0.0968 e. The second-order valence-corrected chi connectivity index (χ2v) is 4.12. The Hall–Kier alpha value is -0.570. The lowest BCUT2D eigenvalue weighted by molar-refractivity contribution is 0.0582. The molecule has 0 aromatic carbocycles. The van der Waals surface area contributed by atoms with Crippen LogP contribution in [-0.4, -0.2) is 25.6 Å². The standard InChI is InChI=1S/C10H18N2O/c11-10(9-3-4-9)12-6-8-2-1-5-13-7-8/h8-9H,1-7H2,(H2,11,12). The maximum absolute atomic E-state index is 5.81. The van der Waals surface area contributed by atoms with E-state index in [1.54, 1.807) is 0 Å². The molecule has 2 N–H and O–H groups in total. The summed E-state index contributed by atoms with van der Waals surface area (Å²) >= 11 is 0. The molecule has 3 heteroatoms. The van der Waals surface area contributed by atoms with Crippen LogP contribution in [0.4, 0.5) is 0 Å². The van der Waals surface area contributed by atoms with Crippen molar-refractivity contribution in [2.45, 2.75) is 25.7 Å². The van der Waals surface area contributed by atoms with Crippen molar-refractivity contribution in [2.75, 3.05) is 19.8 Å². The van der Waals surface area contributed by atoms with Crippen molar-refractivity contribution in [3.05, 3.63) is 0 Å². The first-order valence-corrected chi connectivity index (χ1v) is 5.24. The van der Waals surface area contributed by atoms with Crippen molar-refractivity contribution in [3.63, 3.8) is 0 Å². The van der Waals surface area contributed by atoms with E-state index in [9.17, 15) is 0 Å². The zero-order valence-electron chi connectivity index (χ0n) is 8.04. The Kier molecular flexibility index (Phi) is 2.83. The Morgan fingerprint density at radius 3 is 2.85 bits per heavy atom. The Labute approximate surface area is 79.4 Å². The molecule has 1 aliphatic carbocycles. The lowest BCUT2D eigenvalue weighted by atomic mass is 10.0. The van der Waals surface area contributed by atoms with Gasteiger partial charge in [-0.1, -0.05) is 0 Å². The van der Waals surface area contributed by atoms with Crippen LogP contribution in [0.3, 0.4) is 0 Å². The van der Waals surface area contributed by atoms with Gasteiger partial charge in [0.2, 0.25) is 0 Å². The lowest BCUT2D eigenvalue weighted by Gasteiger charge is -2.20. The quantitative estimate of drug-likeness (QED) is 0.526. The summed E-state index contributed by atoms with van der Waals surface area (Å²) in [5, 5.41) is 0. The fourth-order valence-corrected chi connectivity index (χ4v) is 1.69. The van der Waals surface area contributed by atoms with Gasteiger partial charge in [-0.15, -0.1) is 0 Å². The molecule has 74 valence electrons. The first-order chi connectivity index (χ1) is 6.36. The number of amidine groups is 1. The first-order valence-electron chi connectivity index (χ1n) is 5.24. The molecule has 1 saturated carbocycles. The molecule has 1 saturated heterocycles. The van der Waals surface area contributed by atoms with Gasteiger partial charge >= 0.3 is 0 Å². The van der Waals surface area contributed by atoms with Crippen molar-refractivity contribution in [3.8, 4) is 0 Å². The van der Waals surface area contributed by atoms with Gasteiger partial charge in [0.15, 0.2) is 0 Å². The van der Waals surface area contributed by atoms with Gasteiger partial charge in [0.05, 0.1) is 12.4 Å². The van der Waals surface area contributed by atoms with Gasteiger partial charge in [-0.2, -0.15) is 0 Å². The molecule has 0 aromatic rings. The van der Waals surface area contributed by atoms with Crippen LogP contribution in [0.1, 0.15) is 25.7 Å². The van der Waals surface area contributed by atoms with E-state index in [1.807, 2.05) is 0 Å². The number of hydrogen-bond donors (Lipinski definition) is 1. The molecular formula is C10H18N2O. The highest BCUT2D eigenvalue weighted by Gasteiger charge is 2.25. The number of aliphatic imine (C=N–C) groups is 1. The molecule has 0 amide bonds. The molecule has 0 aromatic heterocycles. The van der Waals surface area contributed by atoms with E-state index in [0.29, 0.717) is 11.8 Å². The fourth-order valence-electron chi connectivity index (χ4n) is 1.69. The third-order valence-electron chi connectivity index (χ3n) is 2.78. The minimum absolute atomic E-state index is 0.615. The van der Waals surface area contributed by atoms with Gasteiger partial charge in [0.1, 0.15) is 0 Å². The van der Waals surface area contributed by atoms with Gasteiger partial charge in [-0.25, -0.2) is 0 Å². The Balaban J connectivity index is 1.73. The smallest absolute Gasteiger partial charge is 0.0968 e. The SMILES string of the molecule is NC(=NCC1CCCOC1)C1CC1. The molecule has 2 rings (SSSR count). The molecule has 1 atom stereocenters. The van der Waals surface area contributed by atoms with Crippen LogP contribution in [0.15, 0.2) is 4.99 Å². The number of hydrogen-bond acceptors (Lipinski definition) is 2. The van der Waals surface area contributed by atoms with Crippen LogP contribution in [0.25, 0.3) is 0 Å². The van der Waals surface area contributed by atoms with Gasteiger partial charge < -0.3 is 10.5 Å². The second kappa shape index (κ2) is 4.09. The minimum atomic E-state index is 0.615. The average Bonchev–Trinajstić information content (AvgIpc) is 2.99. The summed E-state index contributed by atoms with van der Waals surface area (Å²) in [5.41, 5.74) is 5.81. The van der Waals surface area contributed by atoms with E-state index in [2.05, 4.69) is 4.99 Å². The van der Waals surface area contributed by atoms with Crippen molar-refractivity contribution in [2.24, 2.45) is 22.6 Å². The molecular weight excluding hydrogens is 164 g/mol. The molecule has 0 bridgehead atoms. The molecule has 1 aliphatic heterocycles. The fraction of sp³-hybridized carbons (Fsp3) is 0.900. The average molecular weight is 182 g/mol. The largest absolute Gasteiger partial charge is 0.387 e. The number of ether oxygens (including phenoxy) is 1. The predicted octanol–water partition coefficient (Wildman–Crippen LogP) is 1.18. The predicted molar refractivity (Wildman–Crippen MR) is 52.8 cm³/mol. The normalized spacial score (nSPS) is 30.5. The third-order valence-corrected chi connectivity index (χ3v) is 2.78. The maximum atomic E-state index is 5.81. The van der Waals surface area contributed by atoms with E-state index < -0.39 is 0 Å². The highest BCUT2D eigenvalue weighted by molar-refractivity contribution is 5.84. The molecule has 3 nitrogen and oxygen atoms in total. The summed E-state index contributed by atoms with van der Waals surface area (Å²) in [7, 11) is 0. The van der Waals surface area contributed by atoms with E-state index in [4.69, 9.17) is 10.5 Å². The Morgan fingerprint density at radius 1 is 1.38 bits per heavy atom. The van der Waals surface area contributed by atoms with Gasteiger partial charge in [0, 0.05) is 25.0 Å². The van der Waals surface area contributed by atoms with E-state index >= 15 is 0 Å². The van der Waals surface area contributed by atoms with E-state index in [-0.39, 0.29) is 0 Å². The zero-order chi connectivity index (χ0) is 9.10. The topological polar surface area (TPSA) is 47.6 Å². The van der Waals surface area contributed by atoms with Crippen LogP contribution in [-0.2, 0) is 4.74 Å². The molecule has 2 fully saturated rings. The van der Waals surface area contributed by atoms with Crippen molar-refractivity contribution >= 4 is 5.84 Å². The Morgan fingerprint density at radius 2 is 2.23 bits per heavy atom.